The zero-order valence-corrected chi connectivity index (χ0v) is 12.8. The van der Waals surface area contributed by atoms with Gasteiger partial charge >= 0.3 is 0 Å². The minimum Gasteiger partial charge on any atom is -0.299 e. The number of Topliss-reactive ketones (excluding diaryl/α,β-unsaturated/α-hetero) is 1. The van der Waals surface area contributed by atoms with Gasteiger partial charge < -0.3 is 0 Å². The number of allylic oxidation sites excluding steroid dienone is 4. The highest BCUT2D eigenvalue weighted by molar-refractivity contribution is 5.84. The number of carbonyl (C=O) groups excluding carboxylic acids is 1. The fraction of sp³-hybridized carbons (Fsp3) is 0.611. The monoisotopic (exact) mass is 258 g/mol. The van der Waals surface area contributed by atoms with E-state index in [-0.39, 0.29) is 10.8 Å². The van der Waals surface area contributed by atoms with Crippen molar-refractivity contribution in [1.29, 1.82) is 0 Å². The summed E-state index contributed by atoms with van der Waals surface area (Å²) >= 11 is 0. The van der Waals surface area contributed by atoms with Gasteiger partial charge in [-0.15, -0.1) is 6.58 Å². The van der Waals surface area contributed by atoms with Gasteiger partial charge in [-0.05, 0) is 36.5 Å². The first kappa shape index (κ1) is 14.3. The summed E-state index contributed by atoms with van der Waals surface area (Å²) in [6.07, 6.45) is 5.44. The topological polar surface area (TPSA) is 17.1 Å². The third-order valence-electron chi connectivity index (χ3n) is 5.15. The lowest BCUT2D eigenvalue weighted by atomic mass is 9.57. The molecule has 0 aromatic rings. The van der Waals surface area contributed by atoms with Crippen LogP contribution in [0.3, 0.4) is 0 Å². The van der Waals surface area contributed by atoms with E-state index in [4.69, 9.17) is 0 Å². The molecule has 2 aliphatic carbocycles. The molecule has 2 atom stereocenters. The molecule has 0 heterocycles. The molecule has 0 aromatic heterocycles. The van der Waals surface area contributed by atoms with Crippen LogP contribution in [0.25, 0.3) is 0 Å². The van der Waals surface area contributed by atoms with E-state index in [0.29, 0.717) is 24.5 Å². The molecule has 104 valence electrons. The summed E-state index contributed by atoms with van der Waals surface area (Å²) in [6, 6.07) is 0. The van der Waals surface area contributed by atoms with Gasteiger partial charge in [-0.25, -0.2) is 0 Å². The molecular weight excluding hydrogens is 232 g/mol. The van der Waals surface area contributed by atoms with Crippen LogP contribution in [-0.4, -0.2) is 5.78 Å². The third-order valence-corrected chi connectivity index (χ3v) is 5.15. The predicted molar refractivity (Wildman–Crippen MR) is 80.9 cm³/mol. The van der Waals surface area contributed by atoms with Crippen LogP contribution in [0.1, 0.15) is 53.4 Å². The lowest BCUT2D eigenvalue weighted by Gasteiger charge is -2.47. The van der Waals surface area contributed by atoms with Gasteiger partial charge in [-0.3, -0.25) is 4.79 Å². The van der Waals surface area contributed by atoms with Crippen molar-refractivity contribution in [2.45, 2.75) is 53.4 Å². The molecule has 0 fully saturated rings. The highest BCUT2D eigenvalue weighted by Gasteiger charge is 2.44. The Bertz CT molecular complexity index is 478. The first-order valence-electron chi connectivity index (χ1n) is 7.22. The zero-order chi connectivity index (χ0) is 14.4. The average Bonchev–Trinajstić information content (AvgIpc) is 2.26. The molecule has 1 heteroatoms. The normalized spacial score (nSPS) is 33.9. The lowest BCUT2D eigenvalue weighted by Crippen LogP contribution is -2.38. The Kier molecular flexibility index (Phi) is 3.36. The maximum Gasteiger partial charge on any atom is 0.137 e. The Morgan fingerprint density at radius 2 is 1.95 bits per heavy atom. The van der Waals surface area contributed by atoms with E-state index in [0.717, 1.165) is 12.8 Å². The summed E-state index contributed by atoms with van der Waals surface area (Å²) < 4.78 is 0. The molecule has 2 rings (SSSR count). The van der Waals surface area contributed by atoms with Crippen LogP contribution in [0.5, 0.6) is 0 Å². The van der Waals surface area contributed by atoms with E-state index in [1.54, 1.807) is 0 Å². The van der Waals surface area contributed by atoms with Gasteiger partial charge in [0.2, 0.25) is 0 Å². The van der Waals surface area contributed by atoms with Crippen LogP contribution < -0.4 is 0 Å². The van der Waals surface area contributed by atoms with Gasteiger partial charge in [0.1, 0.15) is 5.78 Å². The second-order valence-corrected chi connectivity index (χ2v) is 7.35. The van der Waals surface area contributed by atoms with Crippen LogP contribution in [0.4, 0.5) is 0 Å². The highest BCUT2D eigenvalue weighted by Crippen LogP contribution is 2.54. The van der Waals surface area contributed by atoms with Crippen molar-refractivity contribution in [3.63, 3.8) is 0 Å². The van der Waals surface area contributed by atoms with E-state index in [1.807, 2.05) is 0 Å². The quantitative estimate of drug-likeness (QED) is 0.647. The molecule has 0 saturated heterocycles. The van der Waals surface area contributed by atoms with Crippen molar-refractivity contribution in [1.82, 2.24) is 0 Å². The number of carbonyl (C=O) groups is 1. The van der Waals surface area contributed by atoms with Crippen LogP contribution in [-0.2, 0) is 4.79 Å². The average molecular weight is 258 g/mol. The molecule has 19 heavy (non-hydrogen) atoms. The van der Waals surface area contributed by atoms with Crippen molar-refractivity contribution >= 4 is 5.78 Å². The molecular formula is C18H26O. The first-order valence-corrected chi connectivity index (χ1v) is 7.22. The van der Waals surface area contributed by atoms with E-state index < -0.39 is 0 Å². The summed E-state index contributed by atoms with van der Waals surface area (Å²) in [5, 5.41) is 0. The molecule has 0 aromatic carbocycles. The van der Waals surface area contributed by atoms with E-state index in [2.05, 4.69) is 46.9 Å². The Morgan fingerprint density at radius 3 is 2.47 bits per heavy atom. The Labute approximate surface area is 117 Å². The maximum absolute atomic E-state index is 12.0. The summed E-state index contributed by atoms with van der Waals surface area (Å²) in [4.78, 5) is 12.0. The Balaban J connectivity index is 2.48. The van der Waals surface area contributed by atoms with Crippen LogP contribution in [0, 0.1) is 16.7 Å². The first-order chi connectivity index (χ1) is 8.69. The highest BCUT2D eigenvalue weighted by atomic mass is 16.1. The lowest BCUT2D eigenvalue weighted by molar-refractivity contribution is -0.120. The Hall–Kier alpha value is -1.11. The minimum absolute atomic E-state index is 0.0286. The Morgan fingerprint density at radius 1 is 1.32 bits per heavy atom. The van der Waals surface area contributed by atoms with Crippen molar-refractivity contribution in [3.05, 3.63) is 36.0 Å². The molecule has 0 saturated carbocycles. The standard InChI is InChI=1S/C18H26O/c1-7-18(6)10-13-8-14(19)11-17(4,5)16(13)9-15(18)12(2)3/h7,15H,1-2,8-11H2,3-6H3/t15-,18+/m0/s1. The summed E-state index contributed by atoms with van der Waals surface area (Å²) in [7, 11) is 0. The van der Waals surface area contributed by atoms with Crippen LogP contribution in [0.2, 0.25) is 0 Å². The number of hydrogen-bond donors (Lipinski definition) is 0. The maximum atomic E-state index is 12.0. The number of ketones is 1. The number of rotatable bonds is 2. The smallest absolute Gasteiger partial charge is 0.137 e. The van der Waals surface area contributed by atoms with E-state index in [1.165, 1.54) is 16.7 Å². The van der Waals surface area contributed by atoms with Crippen molar-refractivity contribution in [3.8, 4) is 0 Å². The summed E-state index contributed by atoms with van der Waals surface area (Å²) in [5.41, 5.74) is 4.21. The summed E-state index contributed by atoms with van der Waals surface area (Å²) in [5.74, 6) is 0.847. The minimum atomic E-state index is 0.0286. The zero-order valence-electron chi connectivity index (χ0n) is 12.8. The molecule has 0 unspecified atom stereocenters. The molecule has 2 aliphatic rings. The van der Waals surface area contributed by atoms with E-state index >= 15 is 0 Å². The fourth-order valence-electron chi connectivity index (χ4n) is 4.05. The van der Waals surface area contributed by atoms with Crippen LogP contribution in [0.15, 0.2) is 36.0 Å². The SMILES string of the molecule is C=C[C@]1(C)CC2=C(C[C@H]1C(=C)C)C(C)(C)CC(=O)C2. The van der Waals surface area contributed by atoms with Gasteiger partial charge in [-0.2, -0.15) is 0 Å². The largest absolute Gasteiger partial charge is 0.299 e. The fourth-order valence-corrected chi connectivity index (χ4v) is 4.05. The molecule has 0 radical (unpaired) electrons. The second kappa shape index (κ2) is 4.47. The van der Waals surface area contributed by atoms with Crippen molar-refractivity contribution in [2.75, 3.05) is 0 Å². The van der Waals surface area contributed by atoms with E-state index in [9.17, 15) is 4.79 Å². The van der Waals surface area contributed by atoms with Gasteiger partial charge in [0, 0.05) is 12.8 Å². The van der Waals surface area contributed by atoms with Gasteiger partial charge in [-0.1, -0.05) is 50.1 Å². The van der Waals surface area contributed by atoms with Crippen molar-refractivity contribution in [2.24, 2.45) is 16.7 Å². The molecule has 0 aliphatic heterocycles. The van der Waals surface area contributed by atoms with Crippen LogP contribution >= 0.6 is 0 Å². The molecule has 0 spiro atoms. The van der Waals surface area contributed by atoms with Gasteiger partial charge in [0.05, 0.1) is 0 Å². The molecule has 0 bridgehead atoms. The van der Waals surface area contributed by atoms with Crippen molar-refractivity contribution < 1.29 is 4.79 Å². The predicted octanol–water partition coefficient (Wildman–Crippen LogP) is 4.85. The molecule has 1 nitrogen and oxygen atoms in total. The molecule has 0 amide bonds. The molecule has 0 N–H and O–H groups in total. The van der Waals surface area contributed by atoms with Gasteiger partial charge in [0.25, 0.3) is 0 Å². The second-order valence-electron chi connectivity index (χ2n) is 7.35. The number of hydrogen-bond acceptors (Lipinski definition) is 1. The summed E-state index contributed by atoms with van der Waals surface area (Å²) in [6.45, 7) is 17.0. The van der Waals surface area contributed by atoms with Gasteiger partial charge in [0.15, 0.2) is 0 Å². The third kappa shape index (κ3) is 2.35.